The minimum atomic E-state index is -0.756. The highest BCUT2D eigenvalue weighted by Crippen LogP contribution is 2.18. The quantitative estimate of drug-likeness (QED) is 0.809. The molecule has 0 aliphatic carbocycles. The number of nitrogens with zero attached hydrogens (tertiary/aromatic N) is 2. The predicted molar refractivity (Wildman–Crippen MR) is 63.2 cm³/mol. The summed E-state index contributed by atoms with van der Waals surface area (Å²) in [7, 11) is 1.17. The molecule has 1 aromatic rings. The van der Waals surface area contributed by atoms with E-state index in [1.807, 2.05) is 13.2 Å². The van der Waals surface area contributed by atoms with Gasteiger partial charge in [-0.05, 0) is 20.9 Å². The lowest BCUT2D eigenvalue weighted by atomic mass is 10.0. The van der Waals surface area contributed by atoms with E-state index in [1.54, 1.807) is 12.6 Å². The van der Waals surface area contributed by atoms with Crippen molar-refractivity contribution in [3.8, 4) is 0 Å². The Morgan fingerprint density at radius 1 is 1.60 bits per heavy atom. The van der Waals surface area contributed by atoms with Crippen LogP contribution in [-0.2, 0) is 22.9 Å². The van der Waals surface area contributed by atoms with Gasteiger partial charge in [0.1, 0.15) is 0 Å². The SMILES string of the molecule is CNC(C)(C)c1cncn1CCS(C)=O. The van der Waals surface area contributed by atoms with E-state index in [1.165, 1.54) is 0 Å². The number of aromatic nitrogens is 2. The number of hydrogen-bond donors (Lipinski definition) is 1. The van der Waals surface area contributed by atoms with Crippen LogP contribution in [0.4, 0.5) is 0 Å². The average Bonchev–Trinajstić information content (AvgIpc) is 2.63. The van der Waals surface area contributed by atoms with Crippen LogP contribution in [0.25, 0.3) is 0 Å². The van der Waals surface area contributed by atoms with Gasteiger partial charge in [-0.15, -0.1) is 0 Å². The van der Waals surface area contributed by atoms with Gasteiger partial charge in [0.2, 0.25) is 0 Å². The van der Waals surface area contributed by atoms with Crippen molar-refractivity contribution in [1.82, 2.24) is 14.9 Å². The van der Waals surface area contributed by atoms with Crippen LogP contribution in [0.2, 0.25) is 0 Å². The maximum atomic E-state index is 11.0. The maximum Gasteiger partial charge on any atom is 0.0949 e. The van der Waals surface area contributed by atoms with Crippen LogP contribution in [-0.4, -0.2) is 32.8 Å². The van der Waals surface area contributed by atoms with Crippen molar-refractivity contribution < 1.29 is 4.21 Å². The molecule has 15 heavy (non-hydrogen) atoms. The molecule has 4 nitrogen and oxygen atoms in total. The first kappa shape index (κ1) is 12.4. The molecule has 0 saturated heterocycles. The molecule has 5 heteroatoms. The van der Waals surface area contributed by atoms with Gasteiger partial charge in [-0.2, -0.15) is 0 Å². The molecule has 0 aliphatic rings. The minimum absolute atomic E-state index is 0.105. The molecular formula is C10H19N3OS. The Kier molecular flexibility index (Phi) is 4.04. The van der Waals surface area contributed by atoms with Crippen LogP contribution in [0.15, 0.2) is 12.5 Å². The zero-order valence-corrected chi connectivity index (χ0v) is 10.6. The molecule has 86 valence electrons. The Bertz CT molecular complexity index is 346. The summed E-state index contributed by atoms with van der Waals surface area (Å²) >= 11 is 0. The molecule has 0 aromatic carbocycles. The van der Waals surface area contributed by atoms with Gasteiger partial charge < -0.3 is 9.88 Å². The van der Waals surface area contributed by atoms with Crippen molar-refractivity contribution in [1.29, 1.82) is 0 Å². The molecule has 0 saturated carbocycles. The van der Waals surface area contributed by atoms with E-state index in [2.05, 4.69) is 28.7 Å². The van der Waals surface area contributed by atoms with Crippen molar-refractivity contribution >= 4 is 10.8 Å². The largest absolute Gasteiger partial charge is 0.332 e. The highest BCUT2D eigenvalue weighted by Gasteiger charge is 2.21. The molecule has 0 radical (unpaired) electrons. The Labute approximate surface area is 93.5 Å². The molecule has 1 N–H and O–H groups in total. The van der Waals surface area contributed by atoms with Crippen molar-refractivity contribution in [2.75, 3.05) is 19.1 Å². The first-order valence-corrected chi connectivity index (χ1v) is 6.69. The summed E-state index contributed by atoms with van der Waals surface area (Å²) in [5.41, 5.74) is 1.02. The summed E-state index contributed by atoms with van der Waals surface area (Å²) in [5.74, 6) is 0.670. The second-order valence-electron chi connectivity index (χ2n) is 4.12. The van der Waals surface area contributed by atoms with E-state index < -0.39 is 10.8 Å². The van der Waals surface area contributed by atoms with Crippen molar-refractivity contribution in [2.24, 2.45) is 0 Å². The molecule has 1 aromatic heterocycles. The van der Waals surface area contributed by atoms with Crippen LogP contribution >= 0.6 is 0 Å². The molecule has 0 aliphatic heterocycles. The van der Waals surface area contributed by atoms with E-state index in [4.69, 9.17) is 0 Å². The van der Waals surface area contributed by atoms with Gasteiger partial charge in [-0.3, -0.25) is 4.21 Å². The normalized spacial score (nSPS) is 14.1. The zero-order valence-electron chi connectivity index (χ0n) is 9.78. The summed E-state index contributed by atoms with van der Waals surface area (Å²) in [4.78, 5) is 4.14. The Hall–Kier alpha value is -0.680. The third kappa shape index (κ3) is 3.14. The molecule has 0 amide bonds. The van der Waals surface area contributed by atoms with E-state index in [9.17, 15) is 4.21 Å². The van der Waals surface area contributed by atoms with E-state index in [-0.39, 0.29) is 5.54 Å². The summed E-state index contributed by atoms with van der Waals surface area (Å²) in [6.07, 6.45) is 5.37. The fourth-order valence-corrected chi connectivity index (χ4v) is 1.83. The fraction of sp³-hybridized carbons (Fsp3) is 0.700. The van der Waals surface area contributed by atoms with Crippen LogP contribution in [0.5, 0.6) is 0 Å². The maximum absolute atomic E-state index is 11.0. The lowest BCUT2D eigenvalue weighted by molar-refractivity contribution is 0.411. The number of rotatable bonds is 5. The lowest BCUT2D eigenvalue weighted by Gasteiger charge is -2.25. The molecule has 1 unspecified atom stereocenters. The van der Waals surface area contributed by atoms with E-state index in [0.717, 1.165) is 12.2 Å². The standard InChI is InChI=1S/C10H19N3OS/c1-10(2,11-3)9-7-12-8-13(9)5-6-15(4)14/h7-8,11H,5-6H2,1-4H3. The molecule has 0 fully saturated rings. The van der Waals surface area contributed by atoms with Gasteiger partial charge in [0.15, 0.2) is 0 Å². The topological polar surface area (TPSA) is 46.9 Å². The van der Waals surface area contributed by atoms with Crippen LogP contribution in [0.3, 0.4) is 0 Å². The van der Waals surface area contributed by atoms with Crippen LogP contribution in [0.1, 0.15) is 19.5 Å². The summed E-state index contributed by atoms with van der Waals surface area (Å²) in [5, 5.41) is 3.24. The van der Waals surface area contributed by atoms with Gasteiger partial charge in [0, 0.05) is 35.5 Å². The smallest absolute Gasteiger partial charge is 0.0949 e. The van der Waals surface area contributed by atoms with Crippen molar-refractivity contribution in [3.05, 3.63) is 18.2 Å². The molecule has 1 heterocycles. The summed E-state index contributed by atoms with van der Waals surface area (Å²) in [6, 6.07) is 0. The Morgan fingerprint density at radius 2 is 2.27 bits per heavy atom. The molecular weight excluding hydrogens is 210 g/mol. The monoisotopic (exact) mass is 229 g/mol. The number of hydrogen-bond acceptors (Lipinski definition) is 3. The van der Waals surface area contributed by atoms with E-state index >= 15 is 0 Å². The minimum Gasteiger partial charge on any atom is -0.332 e. The molecule has 1 atom stereocenters. The Morgan fingerprint density at radius 3 is 2.80 bits per heavy atom. The van der Waals surface area contributed by atoms with Gasteiger partial charge in [0.05, 0.1) is 17.6 Å². The second-order valence-corrected chi connectivity index (χ2v) is 5.68. The van der Waals surface area contributed by atoms with Crippen molar-refractivity contribution in [3.63, 3.8) is 0 Å². The lowest BCUT2D eigenvalue weighted by Crippen LogP contribution is -2.35. The fourth-order valence-electron chi connectivity index (χ4n) is 1.37. The van der Waals surface area contributed by atoms with Gasteiger partial charge in [-0.25, -0.2) is 4.98 Å². The summed E-state index contributed by atoms with van der Waals surface area (Å²) in [6.45, 7) is 4.95. The molecule has 0 spiro atoms. The molecule has 1 rings (SSSR count). The molecule has 0 bridgehead atoms. The first-order chi connectivity index (χ1) is 6.97. The van der Waals surface area contributed by atoms with Crippen molar-refractivity contribution in [2.45, 2.75) is 25.9 Å². The van der Waals surface area contributed by atoms with E-state index in [0.29, 0.717) is 5.75 Å². The van der Waals surface area contributed by atoms with Gasteiger partial charge in [-0.1, -0.05) is 0 Å². The zero-order chi connectivity index (χ0) is 11.5. The van der Waals surface area contributed by atoms with Crippen LogP contribution < -0.4 is 5.32 Å². The third-order valence-electron chi connectivity index (χ3n) is 2.60. The number of nitrogens with one attached hydrogen (secondary N) is 1. The van der Waals surface area contributed by atoms with Gasteiger partial charge >= 0.3 is 0 Å². The number of aryl methyl sites for hydroxylation is 1. The second kappa shape index (κ2) is 4.90. The Balaban J connectivity index is 2.82. The average molecular weight is 229 g/mol. The number of imidazole rings is 1. The summed E-state index contributed by atoms with van der Waals surface area (Å²) < 4.78 is 13.1. The predicted octanol–water partition coefficient (Wildman–Crippen LogP) is 0.716. The van der Waals surface area contributed by atoms with Crippen LogP contribution in [0, 0.1) is 0 Å². The third-order valence-corrected chi connectivity index (χ3v) is 3.35. The van der Waals surface area contributed by atoms with Gasteiger partial charge in [0.25, 0.3) is 0 Å². The first-order valence-electron chi connectivity index (χ1n) is 4.97. The highest BCUT2D eigenvalue weighted by atomic mass is 32.2. The highest BCUT2D eigenvalue weighted by molar-refractivity contribution is 7.84.